The molecule has 2 atom stereocenters. The zero-order valence-corrected chi connectivity index (χ0v) is 20.0. The van der Waals surface area contributed by atoms with E-state index in [9.17, 15) is 14.9 Å². The van der Waals surface area contributed by atoms with Gasteiger partial charge in [0.2, 0.25) is 0 Å². The van der Waals surface area contributed by atoms with Gasteiger partial charge < -0.3 is 15.4 Å². The van der Waals surface area contributed by atoms with Crippen LogP contribution in [-0.4, -0.2) is 27.1 Å². The van der Waals surface area contributed by atoms with Gasteiger partial charge in [0.1, 0.15) is 10.6 Å². The summed E-state index contributed by atoms with van der Waals surface area (Å²) in [6.07, 6.45) is 6.17. The van der Waals surface area contributed by atoms with Crippen molar-refractivity contribution in [3.8, 4) is 0 Å². The number of nitrogens with one attached hydrogen (secondary N) is 2. The molecule has 0 aromatic heterocycles. The smallest absolute Gasteiger partial charge is 0.408 e. The fourth-order valence-electron chi connectivity index (χ4n) is 4.02. The number of hydrogen-bond acceptors (Lipinski definition) is 5. The third-order valence-electron chi connectivity index (χ3n) is 5.65. The molecule has 2 N–H and O–H groups in total. The largest absolute Gasteiger partial charge is 0.444 e. The van der Waals surface area contributed by atoms with Crippen LogP contribution in [0.25, 0.3) is 0 Å². The Morgan fingerprint density at radius 2 is 1.77 bits per heavy atom. The number of nitro groups is 1. The minimum Gasteiger partial charge on any atom is -0.444 e. The number of non-ortho nitro benzene ring substituents is 1. The van der Waals surface area contributed by atoms with E-state index in [0.29, 0.717) is 10.9 Å². The zero-order valence-electron chi connectivity index (χ0n) is 19.2. The summed E-state index contributed by atoms with van der Waals surface area (Å²) in [4.78, 5) is 23.6. The fourth-order valence-corrected chi connectivity index (χ4v) is 4.33. The Kier molecular flexibility index (Phi) is 8.40. The summed E-state index contributed by atoms with van der Waals surface area (Å²) in [6, 6.07) is 6.24. The molecule has 1 aromatic rings. The first-order chi connectivity index (χ1) is 14.4. The van der Waals surface area contributed by atoms with Crippen molar-refractivity contribution in [3.63, 3.8) is 0 Å². The second kappa shape index (κ2) is 10.4. The van der Waals surface area contributed by atoms with E-state index in [4.69, 9.17) is 17.0 Å². The maximum Gasteiger partial charge on any atom is 0.408 e. The molecule has 1 fully saturated rings. The van der Waals surface area contributed by atoms with Gasteiger partial charge in [-0.05, 0) is 52.5 Å². The molecule has 0 unspecified atom stereocenters. The standard InChI is InChI=1S/C23H35N3O4S/c1-16(18-11-13-19(14-12-18)26(28)29)24-20(31)23(5,15-17-9-7-6-8-10-17)25-21(27)30-22(2,3)4/h11-14,16-17H,6-10,15H2,1-5H3,(H,24,31)(H,25,27)/t16-,23+/m0/s1. The Bertz CT molecular complexity index is 785. The highest BCUT2D eigenvalue weighted by Crippen LogP contribution is 2.32. The number of benzene rings is 1. The van der Waals surface area contributed by atoms with Crippen molar-refractivity contribution in [1.82, 2.24) is 10.6 Å². The lowest BCUT2D eigenvalue weighted by molar-refractivity contribution is -0.384. The van der Waals surface area contributed by atoms with Crippen LogP contribution in [0.1, 0.15) is 84.7 Å². The van der Waals surface area contributed by atoms with E-state index in [2.05, 4.69) is 10.6 Å². The van der Waals surface area contributed by atoms with E-state index in [1.54, 1.807) is 12.1 Å². The SMILES string of the molecule is C[C@H](NC(=S)[C@@](C)(CC1CCCCC1)NC(=O)OC(C)(C)C)c1ccc([N+](=O)[O-])cc1. The molecule has 1 aliphatic carbocycles. The molecule has 7 nitrogen and oxygen atoms in total. The fraction of sp³-hybridized carbons (Fsp3) is 0.652. The summed E-state index contributed by atoms with van der Waals surface area (Å²) < 4.78 is 5.50. The molecule has 0 heterocycles. The van der Waals surface area contributed by atoms with E-state index >= 15 is 0 Å². The van der Waals surface area contributed by atoms with Crippen molar-refractivity contribution < 1.29 is 14.5 Å². The number of carbonyl (C=O) groups excluding carboxylic acids is 1. The van der Waals surface area contributed by atoms with Gasteiger partial charge in [0.15, 0.2) is 0 Å². The molecule has 31 heavy (non-hydrogen) atoms. The molecule has 8 heteroatoms. The van der Waals surface area contributed by atoms with Crippen LogP contribution in [-0.2, 0) is 4.74 Å². The summed E-state index contributed by atoms with van der Waals surface area (Å²) in [5.41, 5.74) is -0.427. The van der Waals surface area contributed by atoms with E-state index in [0.717, 1.165) is 24.8 Å². The highest BCUT2D eigenvalue weighted by Gasteiger charge is 2.36. The van der Waals surface area contributed by atoms with E-state index in [-0.39, 0.29) is 11.7 Å². The number of thiocarbonyl (C=S) groups is 1. The van der Waals surface area contributed by atoms with Crippen LogP contribution in [0.3, 0.4) is 0 Å². The number of alkyl carbamates (subject to hydrolysis) is 1. The quantitative estimate of drug-likeness (QED) is 0.309. The van der Waals surface area contributed by atoms with Crippen molar-refractivity contribution in [1.29, 1.82) is 0 Å². The first-order valence-corrected chi connectivity index (χ1v) is 11.4. The monoisotopic (exact) mass is 449 g/mol. The van der Waals surface area contributed by atoms with Gasteiger partial charge in [-0.3, -0.25) is 10.1 Å². The van der Waals surface area contributed by atoms with Crippen LogP contribution in [0.15, 0.2) is 24.3 Å². The number of amides is 1. The molecule has 1 saturated carbocycles. The number of hydrogen-bond donors (Lipinski definition) is 2. The molecule has 0 aliphatic heterocycles. The summed E-state index contributed by atoms with van der Waals surface area (Å²) in [6.45, 7) is 9.39. The summed E-state index contributed by atoms with van der Waals surface area (Å²) in [5.74, 6) is 0.489. The van der Waals surface area contributed by atoms with E-state index in [1.807, 2.05) is 34.6 Å². The number of ether oxygens (including phenoxy) is 1. The summed E-state index contributed by atoms with van der Waals surface area (Å²) >= 11 is 5.77. The first kappa shape index (κ1) is 25.0. The van der Waals surface area contributed by atoms with Crippen molar-refractivity contribution in [2.75, 3.05) is 0 Å². The van der Waals surface area contributed by atoms with Crippen molar-refractivity contribution in [2.45, 2.75) is 90.3 Å². The van der Waals surface area contributed by atoms with Crippen molar-refractivity contribution in [2.24, 2.45) is 5.92 Å². The lowest BCUT2D eigenvalue weighted by atomic mass is 9.79. The molecular weight excluding hydrogens is 414 g/mol. The van der Waals surface area contributed by atoms with Crippen molar-refractivity contribution in [3.05, 3.63) is 39.9 Å². The topological polar surface area (TPSA) is 93.5 Å². The molecule has 0 radical (unpaired) electrons. The van der Waals surface area contributed by atoms with Gasteiger partial charge >= 0.3 is 6.09 Å². The maximum atomic E-state index is 12.6. The van der Waals surface area contributed by atoms with Crippen LogP contribution in [0.5, 0.6) is 0 Å². The second-order valence-corrected chi connectivity index (χ2v) is 10.1. The predicted octanol–water partition coefficient (Wildman–Crippen LogP) is 5.83. The lowest BCUT2D eigenvalue weighted by Gasteiger charge is -2.38. The number of carbonyl (C=O) groups is 1. The van der Waals surface area contributed by atoms with Gasteiger partial charge in [-0.2, -0.15) is 0 Å². The van der Waals surface area contributed by atoms with E-state index < -0.39 is 22.2 Å². The van der Waals surface area contributed by atoms with Crippen LogP contribution < -0.4 is 10.6 Å². The maximum absolute atomic E-state index is 12.6. The Morgan fingerprint density at radius 3 is 2.29 bits per heavy atom. The van der Waals surface area contributed by atoms with Gasteiger partial charge in [-0.15, -0.1) is 0 Å². The van der Waals surface area contributed by atoms with Gasteiger partial charge in [-0.1, -0.05) is 56.5 Å². The molecule has 1 aromatic carbocycles. The Labute approximate surface area is 190 Å². The van der Waals surface area contributed by atoms with E-state index in [1.165, 1.54) is 31.4 Å². The molecule has 2 rings (SSSR count). The normalized spacial score (nSPS) is 17.8. The average Bonchev–Trinajstić information content (AvgIpc) is 2.67. The molecule has 0 bridgehead atoms. The second-order valence-electron chi connectivity index (χ2n) is 9.71. The van der Waals surface area contributed by atoms with Crippen LogP contribution >= 0.6 is 12.2 Å². The van der Waals surface area contributed by atoms with Gasteiger partial charge in [0, 0.05) is 18.2 Å². The third-order valence-corrected chi connectivity index (χ3v) is 6.22. The highest BCUT2D eigenvalue weighted by molar-refractivity contribution is 7.80. The van der Waals surface area contributed by atoms with Crippen LogP contribution in [0.2, 0.25) is 0 Å². The van der Waals surface area contributed by atoms with Crippen LogP contribution in [0, 0.1) is 16.0 Å². The molecular formula is C23H35N3O4S. The Morgan fingerprint density at radius 1 is 1.19 bits per heavy atom. The predicted molar refractivity (Wildman–Crippen MR) is 126 cm³/mol. The average molecular weight is 450 g/mol. The molecule has 172 valence electrons. The summed E-state index contributed by atoms with van der Waals surface area (Å²) in [5, 5.41) is 17.3. The zero-order chi connectivity index (χ0) is 23.2. The molecule has 1 aliphatic rings. The first-order valence-electron chi connectivity index (χ1n) is 11.0. The summed E-state index contributed by atoms with van der Waals surface area (Å²) in [7, 11) is 0. The van der Waals surface area contributed by atoms with Gasteiger partial charge in [0.25, 0.3) is 5.69 Å². The minimum atomic E-state index is -0.755. The highest BCUT2D eigenvalue weighted by atomic mass is 32.1. The van der Waals surface area contributed by atoms with Gasteiger partial charge in [-0.25, -0.2) is 4.79 Å². The molecule has 0 spiro atoms. The van der Waals surface area contributed by atoms with Gasteiger partial charge in [0.05, 0.1) is 10.5 Å². The minimum absolute atomic E-state index is 0.0484. The third kappa shape index (κ3) is 7.76. The molecule has 1 amide bonds. The lowest BCUT2D eigenvalue weighted by Crippen LogP contribution is -2.58. The number of rotatable bonds is 7. The van der Waals surface area contributed by atoms with Crippen LogP contribution in [0.4, 0.5) is 10.5 Å². The van der Waals surface area contributed by atoms with Crippen molar-refractivity contribution >= 4 is 29.0 Å². The molecule has 0 saturated heterocycles. The number of nitrogens with zero attached hydrogens (tertiary/aromatic N) is 1. The Hall–Kier alpha value is -2.22. The number of nitro benzene ring substituents is 1. The Balaban J connectivity index is 2.15.